The van der Waals surface area contributed by atoms with Gasteiger partial charge in [-0.1, -0.05) is 0 Å². The number of hydrogen-bond donors (Lipinski definition) is 1. The second-order valence-corrected chi connectivity index (χ2v) is 6.87. The molecule has 0 aliphatic carbocycles. The zero-order valence-electron chi connectivity index (χ0n) is 13.1. The number of rotatable bonds is 4. The first-order chi connectivity index (χ1) is 10.3. The van der Waals surface area contributed by atoms with Crippen molar-refractivity contribution >= 4 is 28.7 Å². The van der Waals surface area contributed by atoms with Gasteiger partial charge in [-0.15, -0.1) is 0 Å². The van der Waals surface area contributed by atoms with Crippen LogP contribution in [-0.4, -0.2) is 32.1 Å². The fourth-order valence-electron chi connectivity index (χ4n) is 2.02. The van der Waals surface area contributed by atoms with Crippen LogP contribution in [0.25, 0.3) is 0 Å². The maximum atomic E-state index is 11.6. The van der Waals surface area contributed by atoms with Gasteiger partial charge >= 0.3 is 6.09 Å². The van der Waals surface area contributed by atoms with E-state index in [1.54, 1.807) is 7.11 Å². The van der Waals surface area contributed by atoms with Crippen molar-refractivity contribution in [2.24, 2.45) is 0 Å². The molecule has 122 valence electrons. The van der Waals surface area contributed by atoms with Crippen molar-refractivity contribution in [2.75, 3.05) is 20.4 Å². The molecule has 0 aromatic heterocycles. The number of carbonyl (C=O) groups excluding carboxylic acids is 1. The molecule has 0 bridgehead atoms. The first kappa shape index (κ1) is 17.0. The molecular weight excluding hydrogens is 401 g/mol. The smallest absolute Gasteiger partial charge is 0.407 e. The van der Waals surface area contributed by atoms with Crippen LogP contribution in [0, 0.1) is 3.57 Å². The fraction of sp³-hybridized carbons (Fsp3) is 0.533. The van der Waals surface area contributed by atoms with Gasteiger partial charge in [-0.25, -0.2) is 4.79 Å². The highest BCUT2D eigenvalue weighted by atomic mass is 127. The SMILES string of the molecule is COc1c(I)c(CCNC(=O)OC(C)(C)C)cc2c1OCO2. The Morgan fingerprint density at radius 1 is 1.41 bits per heavy atom. The minimum Gasteiger partial charge on any atom is -0.492 e. The van der Waals surface area contributed by atoms with Crippen LogP contribution in [0.4, 0.5) is 4.79 Å². The van der Waals surface area contributed by atoms with Crippen molar-refractivity contribution in [3.05, 3.63) is 15.2 Å². The molecule has 0 radical (unpaired) electrons. The molecule has 0 unspecified atom stereocenters. The fourth-order valence-corrected chi connectivity index (χ4v) is 2.91. The molecular formula is C15H20INO5. The van der Waals surface area contributed by atoms with Gasteiger partial charge in [-0.2, -0.15) is 0 Å². The third kappa shape index (κ3) is 4.08. The summed E-state index contributed by atoms with van der Waals surface area (Å²) in [4.78, 5) is 11.6. The molecule has 1 N–H and O–H groups in total. The number of fused-ring (bicyclic) bond motifs is 1. The van der Waals surface area contributed by atoms with Gasteiger partial charge in [0.1, 0.15) is 5.60 Å². The van der Waals surface area contributed by atoms with E-state index in [-0.39, 0.29) is 6.79 Å². The van der Waals surface area contributed by atoms with Gasteiger partial charge in [0.25, 0.3) is 0 Å². The highest BCUT2D eigenvalue weighted by Crippen LogP contribution is 2.45. The maximum absolute atomic E-state index is 11.6. The van der Waals surface area contributed by atoms with E-state index in [2.05, 4.69) is 27.9 Å². The Morgan fingerprint density at radius 3 is 2.77 bits per heavy atom. The minimum absolute atomic E-state index is 0.196. The lowest BCUT2D eigenvalue weighted by Crippen LogP contribution is -2.33. The lowest BCUT2D eigenvalue weighted by atomic mass is 10.1. The average Bonchev–Trinajstić information content (AvgIpc) is 2.85. The van der Waals surface area contributed by atoms with Crippen LogP contribution >= 0.6 is 22.6 Å². The zero-order valence-corrected chi connectivity index (χ0v) is 15.3. The predicted octanol–water partition coefficient (Wildman–Crippen LogP) is 3.10. The molecule has 1 aliphatic rings. The number of benzene rings is 1. The molecule has 0 fully saturated rings. The number of nitrogens with one attached hydrogen (secondary N) is 1. The summed E-state index contributed by atoms with van der Waals surface area (Å²) >= 11 is 2.21. The number of halogens is 1. The molecule has 1 aromatic rings. The van der Waals surface area contributed by atoms with E-state index in [1.807, 2.05) is 26.8 Å². The number of hydrogen-bond acceptors (Lipinski definition) is 5. The number of carbonyl (C=O) groups is 1. The van der Waals surface area contributed by atoms with Crippen molar-refractivity contribution in [1.82, 2.24) is 5.32 Å². The molecule has 7 heteroatoms. The molecule has 1 heterocycles. The molecule has 1 amide bonds. The average molecular weight is 421 g/mol. The normalized spacial score (nSPS) is 13.0. The lowest BCUT2D eigenvalue weighted by Gasteiger charge is -2.19. The maximum Gasteiger partial charge on any atom is 0.407 e. The van der Waals surface area contributed by atoms with Crippen LogP contribution in [0.3, 0.4) is 0 Å². The summed E-state index contributed by atoms with van der Waals surface area (Å²) in [6, 6.07) is 1.92. The van der Waals surface area contributed by atoms with E-state index in [1.165, 1.54) is 0 Å². The van der Waals surface area contributed by atoms with Gasteiger partial charge in [0.05, 0.1) is 10.7 Å². The van der Waals surface area contributed by atoms with Crippen molar-refractivity contribution in [3.8, 4) is 17.2 Å². The summed E-state index contributed by atoms with van der Waals surface area (Å²) in [5.41, 5.74) is 0.526. The van der Waals surface area contributed by atoms with Crippen LogP contribution in [0.1, 0.15) is 26.3 Å². The van der Waals surface area contributed by atoms with E-state index in [4.69, 9.17) is 18.9 Å². The van der Waals surface area contributed by atoms with Crippen LogP contribution in [0.15, 0.2) is 6.07 Å². The first-order valence-corrected chi connectivity index (χ1v) is 8.01. The topological polar surface area (TPSA) is 66.0 Å². The molecule has 0 saturated carbocycles. The third-order valence-corrected chi connectivity index (χ3v) is 4.08. The standard InChI is InChI=1S/C15H20INO5/c1-15(2,3)22-14(18)17-6-5-9-7-10-12(21-8-20-10)13(19-4)11(9)16/h7H,5-6,8H2,1-4H3,(H,17,18). The first-order valence-electron chi connectivity index (χ1n) is 6.93. The van der Waals surface area contributed by atoms with E-state index >= 15 is 0 Å². The third-order valence-electron chi connectivity index (χ3n) is 2.90. The number of ether oxygens (including phenoxy) is 4. The van der Waals surface area contributed by atoms with Crippen molar-refractivity contribution < 1.29 is 23.7 Å². The van der Waals surface area contributed by atoms with E-state index < -0.39 is 11.7 Å². The predicted molar refractivity (Wildman–Crippen MR) is 89.8 cm³/mol. The Hall–Kier alpha value is -1.38. The monoisotopic (exact) mass is 421 g/mol. The van der Waals surface area contributed by atoms with Crippen LogP contribution in [0.2, 0.25) is 0 Å². The Labute approximate surface area is 143 Å². The van der Waals surface area contributed by atoms with Crippen LogP contribution in [0.5, 0.6) is 17.2 Å². The van der Waals surface area contributed by atoms with Crippen molar-refractivity contribution in [2.45, 2.75) is 32.8 Å². The Balaban J connectivity index is 2.01. The molecule has 0 saturated heterocycles. The Kier molecular flexibility index (Phi) is 5.25. The van der Waals surface area contributed by atoms with Gasteiger partial charge in [0.15, 0.2) is 11.5 Å². The quantitative estimate of drug-likeness (QED) is 0.758. The van der Waals surface area contributed by atoms with Crippen molar-refractivity contribution in [3.63, 3.8) is 0 Å². The largest absolute Gasteiger partial charge is 0.492 e. The molecule has 0 atom stereocenters. The molecule has 0 spiro atoms. The van der Waals surface area contributed by atoms with Gasteiger partial charge in [-0.3, -0.25) is 0 Å². The Bertz CT molecular complexity index is 568. The van der Waals surface area contributed by atoms with Crippen LogP contribution < -0.4 is 19.5 Å². The second-order valence-electron chi connectivity index (χ2n) is 5.80. The summed E-state index contributed by atoms with van der Waals surface area (Å²) in [6.45, 7) is 6.16. The summed E-state index contributed by atoms with van der Waals surface area (Å²) in [7, 11) is 1.60. The van der Waals surface area contributed by atoms with E-state index in [9.17, 15) is 4.79 Å². The molecule has 1 aromatic carbocycles. The zero-order chi connectivity index (χ0) is 16.3. The van der Waals surface area contributed by atoms with Gasteiger partial charge < -0.3 is 24.3 Å². The number of methoxy groups -OCH3 is 1. The second kappa shape index (κ2) is 6.80. The van der Waals surface area contributed by atoms with Gasteiger partial charge in [0.2, 0.25) is 12.5 Å². The highest BCUT2D eigenvalue weighted by molar-refractivity contribution is 14.1. The van der Waals surface area contributed by atoms with E-state index in [0.717, 1.165) is 9.13 Å². The van der Waals surface area contributed by atoms with Gasteiger partial charge in [0, 0.05) is 6.54 Å². The highest BCUT2D eigenvalue weighted by Gasteiger charge is 2.24. The number of amides is 1. The lowest BCUT2D eigenvalue weighted by molar-refractivity contribution is 0.0528. The van der Waals surface area contributed by atoms with Gasteiger partial charge in [-0.05, 0) is 61.4 Å². The summed E-state index contributed by atoms with van der Waals surface area (Å²) in [5, 5.41) is 2.74. The molecule has 6 nitrogen and oxygen atoms in total. The molecule has 22 heavy (non-hydrogen) atoms. The van der Waals surface area contributed by atoms with Crippen LogP contribution in [-0.2, 0) is 11.2 Å². The van der Waals surface area contributed by atoms with E-state index in [0.29, 0.717) is 30.2 Å². The van der Waals surface area contributed by atoms with Crippen molar-refractivity contribution in [1.29, 1.82) is 0 Å². The summed E-state index contributed by atoms with van der Waals surface area (Å²) in [6.07, 6.45) is 0.222. The molecule has 1 aliphatic heterocycles. The minimum atomic E-state index is -0.500. The summed E-state index contributed by atoms with van der Waals surface area (Å²) < 4.78 is 22.4. The number of alkyl carbamates (subject to hydrolysis) is 1. The Morgan fingerprint density at radius 2 is 2.14 bits per heavy atom. The summed E-state index contributed by atoms with van der Waals surface area (Å²) in [5.74, 6) is 1.98. The molecule has 2 rings (SSSR count).